The van der Waals surface area contributed by atoms with Crippen molar-refractivity contribution in [3.63, 3.8) is 0 Å². The normalized spacial score (nSPS) is 30.4. The molecule has 0 aromatic carbocycles. The molecule has 1 unspecified atom stereocenters. The van der Waals surface area contributed by atoms with Gasteiger partial charge in [0.25, 0.3) is 0 Å². The van der Waals surface area contributed by atoms with Gasteiger partial charge in [-0.1, -0.05) is 6.92 Å². The molecule has 2 heterocycles. The minimum Gasteiger partial charge on any atom is -0.396 e. The van der Waals surface area contributed by atoms with Gasteiger partial charge in [-0.05, 0) is 19.3 Å². The van der Waals surface area contributed by atoms with Crippen LogP contribution in [-0.4, -0.2) is 62.2 Å². The van der Waals surface area contributed by atoms with Gasteiger partial charge in [0.2, 0.25) is 0 Å². The summed E-state index contributed by atoms with van der Waals surface area (Å²) in [5.41, 5.74) is 0.0585. The maximum atomic E-state index is 9.72. The van der Waals surface area contributed by atoms with Gasteiger partial charge in [0.15, 0.2) is 0 Å². The van der Waals surface area contributed by atoms with Crippen LogP contribution in [0.3, 0.4) is 0 Å². The fourth-order valence-corrected chi connectivity index (χ4v) is 2.87. The van der Waals surface area contributed by atoms with E-state index in [-0.39, 0.29) is 12.0 Å². The molecule has 2 fully saturated rings. The summed E-state index contributed by atoms with van der Waals surface area (Å²) in [6.07, 6.45) is 3.09. The number of morpholine rings is 1. The van der Waals surface area contributed by atoms with E-state index in [1.807, 2.05) is 0 Å². The minimum absolute atomic E-state index is 0.0585. The van der Waals surface area contributed by atoms with E-state index in [9.17, 15) is 5.11 Å². The Balaban J connectivity index is 1.96. The largest absolute Gasteiger partial charge is 0.396 e. The highest BCUT2D eigenvalue weighted by Gasteiger charge is 2.36. The molecule has 2 aliphatic heterocycles. The summed E-state index contributed by atoms with van der Waals surface area (Å²) >= 11 is 0. The maximum absolute atomic E-state index is 9.72. The molecule has 2 aliphatic rings. The smallest absolute Gasteiger partial charge is 0.0622 e. The Hall–Kier alpha value is -0.160. The van der Waals surface area contributed by atoms with Crippen molar-refractivity contribution in [1.82, 2.24) is 4.90 Å². The number of ether oxygens (including phenoxy) is 2. The van der Waals surface area contributed by atoms with Crippen LogP contribution in [0, 0.1) is 5.41 Å². The average Bonchev–Trinajstić information content (AvgIpc) is 2.40. The number of rotatable bonds is 4. The van der Waals surface area contributed by atoms with Crippen LogP contribution >= 0.6 is 0 Å². The summed E-state index contributed by atoms with van der Waals surface area (Å²) in [5.74, 6) is 0. The molecule has 1 N–H and O–H groups in total. The molecule has 2 saturated heterocycles. The second-order valence-corrected chi connectivity index (χ2v) is 5.38. The van der Waals surface area contributed by atoms with E-state index < -0.39 is 0 Å². The second-order valence-electron chi connectivity index (χ2n) is 5.38. The lowest BCUT2D eigenvalue weighted by atomic mass is 9.80. The van der Waals surface area contributed by atoms with Crippen LogP contribution in [-0.2, 0) is 9.47 Å². The van der Waals surface area contributed by atoms with Crippen LogP contribution in [0.25, 0.3) is 0 Å². The van der Waals surface area contributed by atoms with Crippen molar-refractivity contribution in [3.8, 4) is 0 Å². The van der Waals surface area contributed by atoms with Crippen LogP contribution in [0.15, 0.2) is 0 Å². The summed E-state index contributed by atoms with van der Waals surface area (Å²) in [6, 6.07) is 0.523. The highest BCUT2D eigenvalue weighted by Crippen LogP contribution is 2.32. The standard InChI is InChI=1S/C13H25NO3/c1-2-12-9-17-8-5-14(12)10-13(11-15)3-6-16-7-4-13/h12,15H,2-11H2,1H3. The lowest BCUT2D eigenvalue weighted by Crippen LogP contribution is -2.52. The van der Waals surface area contributed by atoms with Gasteiger partial charge in [-0.15, -0.1) is 0 Å². The summed E-state index contributed by atoms with van der Waals surface area (Å²) in [7, 11) is 0. The summed E-state index contributed by atoms with van der Waals surface area (Å²) in [6.45, 7) is 7.74. The van der Waals surface area contributed by atoms with E-state index in [1.165, 1.54) is 0 Å². The average molecular weight is 243 g/mol. The van der Waals surface area contributed by atoms with Gasteiger partial charge in [0.1, 0.15) is 0 Å². The lowest BCUT2D eigenvalue weighted by Gasteiger charge is -2.44. The van der Waals surface area contributed by atoms with Crippen LogP contribution in [0.2, 0.25) is 0 Å². The lowest BCUT2D eigenvalue weighted by molar-refractivity contribution is -0.0711. The maximum Gasteiger partial charge on any atom is 0.0622 e. The van der Waals surface area contributed by atoms with Crippen molar-refractivity contribution in [3.05, 3.63) is 0 Å². The first-order chi connectivity index (χ1) is 8.29. The summed E-state index contributed by atoms with van der Waals surface area (Å²) in [4.78, 5) is 2.50. The Labute approximate surface area is 104 Å². The van der Waals surface area contributed by atoms with E-state index in [2.05, 4.69) is 11.8 Å². The Morgan fingerprint density at radius 1 is 1.24 bits per heavy atom. The van der Waals surface area contributed by atoms with E-state index in [0.717, 1.165) is 58.8 Å². The highest BCUT2D eigenvalue weighted by atomic mass is 16.5. The molecule has 4 nitrogen and oxygen atoms in total. The van der Waals surface area contributed by atoms with Crippen molar-refractivity contribution in [2.75, 3.05) is 46.1 Å². The van der Waals surface area contributed by atoms with E-state index in [0.29, 0.717) is 6.04 Å². The third kappa shape index (κ3) is 3.19. The summed E-state index contributed by atoms with van der Waals surface area (Å²) in [5, 5.41) is 9.72. The second kappa shape index (κ2) is 6.14. The third-order valence-corrected chi connectivity index (χ3v) is 4.25. The topological polar surface area (TPSA) is 41.9 Å². The van der Waals surface area contributed by atoms with Gasteiger partial charge >= 0.3 is 0 Å². The van der Waals surface area contributed by atoms with Crippen molar-refractivity contribution >= 4 is 0 Å². The number of aliphatic hydroxyl groups excluding tert-OH is 1. The highest BCUT2D eigenvalue weighted by molar-refractivity contribution is 4.87. The molecular formula is C13H25NO3. The van der Waals surface area contributed by atoms with Gasteiger partial charge in [0, 0.05) is 37.8 Å². The Bertz CT molecular complexity index is 229. The minimum atomic E-state index is 0.0585. The van der Waals surface area contributed by atoms with E-state index in [4.69, 9.17) is 9.47 Å². The predicted octanol–water partition coefficient (Wildman–Crippen LogP) is 0.886. The zero-order chi connectivity index (χ0) is 12.1. The van der Waals surface area contributed by atoms with Gasteiger partial charge in [-0.3, -0.25) is 4.90 Å². The summed E-state index contributed by atoms with van der Waals surface area (Å²) < 4.78 is 10.9. The molecular weight excluding hydrogens is 218 g/mol. The molecule has 0 spiro atoms. The van der Waals surface area contributed by atoms with Crippen LogP contribution in [0.4, 0.5) is 0 Å². The molecule has 0 amide bonds. The zero-order valence-corrected chi connectivity index (χ0v) is 10.9. The zero-order valence-electron chi connectivity index (χ0n) is 10.9. The molecule has 100 valence electrons. The molecule has 0 aromatic rings. The first-order valence-corrected chi connectivity index (χ1v) is 6.80. The van der Waals surface area contributed by atoms with Crippen molar-refractivity contribution in [1.29, 1.82) is 0 Å². The van der Waals surface area contributed by atoms with Crippen molar-refractivity contribution < 1.29 is 14.6 Å². The molecule has 1 atom stereocenters. The monoisotopic (exact) mass is 243 g/mol. The Morgan fingerprint density at radius 2 is 2.00 bits per heavy atom. The van der Waals surface area contributed by atoms with Crippen molar-refractivity contribution in [2.45, 2.75) is 32.2 Å². The molecule has 0 saturated carbocycles. The number of aliphatic hydroxyl groups is 1. The molecule has 0 aliphatic carbocycles. The van der Waals surface area contributed by atoms with Crippen LogP contribution in [0.1, 0.15) is 26.2 Å². The predicted molar refractivity (Wildman–Crippen MR) is 66.0 cm³/mol. The number of hydrogen-bond acceptors (Lipinski definition) is 4. The van der Waals surface area contributed by atoms with Crippen LogP contribution < -0.4 is 0 Å². The Kier molecular flexibility index (Phi) is 4.79. The van der Waals surface area contributed by atoms with Gasteiger partial charge in [0.05, 0.1) is 19.8 Å². The third-order valence-electron chi connectivity index (χ3n) is 4.25. The fraction of sp³-hybridized carbons (Fsp3) is 1.00. The molecule has 0 radical (unpaired) electrons. The van der Waals surface area contributed by atoms with Crippen molar-refractivity contribution in [2.24, 2.45) is 5.41 Å². The quantitative estimate of drug-likeness (QED) is 0.796. The van der Waals surface area contributed by atoms with Gasteiger partial charge in [-0.25, -0.2) is 0 Å². The molecule has 4 heteroatoms. The number of hydrogen-bond donors (Lipinski definition) is 1. The molecule has 2 rings (SSSR count). The van der Waals surface area contributed by atoms with Gasteiger partial charge < -0.3 is 14.6 Å². The number of nitrogens with zero attached hydrogens (tertiary/aromatic N) is 1. The molecule has 0 aromatic heterocycles. The molecule has 17 heavy (non-hydrogen) atoms. The first-order valence-electron chi connectivity index (χ1n) is 6.80. The Morgan fingerprint density at radius 3 is 2.65 bits per heavy atom. The van der Waals surface area contributed by atoms with Gasteiger partial charge in [-0.2, -0.15) is 0 Å². The first kappa shape index (κ1) is 13.3. The fourth-order valence-electron chi connectivity index (χ4n) is 2.87. The SMILES string of the molecule is CCC1COCCN1CC1(CO)CCOCC1. The molecule has 0 bridgehead atoms. The van der Waals surface area contributed by atoms with E-state index in [1.54, 1.807) is 0 Å². The van der Waals surface area contributed by atoms with Crippen LogP contribution in [0.5, 0.6) is 0 Å². The van der Waals surface area contributed by atoms with E-state index >= 15 is 0 Å².